The molecule has 0 aliphatic carbocycles. The normalized spacial score (nSPS) is 19.7. The molecule has 1 amide bonds. The maximum Gasteiger partial charge on any atom is 0.331 e. The van der Waals surface area contributed by atoms with E-state index in [9.17, 15) is 22.4 Å². The fourth-order valence-electron chi connectivity index (χ4n) is 3.02. The maximum atomic E-state index is 13.5. The minimum absolute atomic E-state index is 0.0586. The average Bonchev–Trinajstić information content (AvgIpc) is 2.98. The number of hydrogen-bond donors (Lipinski definition) is 0. The van der Waals surface area contributed by atoms with Crippen LogP contribution >= 0.6 is 0 Å². The Kier molecular flexibility index (Phi) is 7.12. The van der Waals surface area contributed by atoms with Gasteiger partial charge in [-0.2, -0.15) is 0 Å². The van der Waals surface area contributed by atoms with E-state index in [1.54, 1.807) is 6.07 Å². The number of halogens is 1. The number of ether oxygens (including phenoxy) is 1. The lowest BCUT2D eigenvalue weighted by Gasteiger charge is -2.33. The molecular weight excluding hydrogens is 373 g/mol. The zero-order chi connectivity index (χ0) is 20.0. The van der Waals surface area contributed by atoms with E-state index in [2.05, 4.69) is 0 Å². The first-order valence-electron chi connectivity index (χ1n) is 8.84. The van der Waals surface area contributed by atoms with Gasteiger partial charge in [0.15, 0.2) is 16.4 Å². The highest BCUT2D eigenvalue weighted by Gasteiger charge is 2.36. The Bertz CT molecular complexity index is 821. The zero-order valence-electron chi connectivity index (χ0n) is 15.4. The van der Waals surface area contributed by atoms with Crippen molar-refractivity contribution in [3.63, 3.8) is 0 Å². The summed E-state index contributed by atoms with van der Waals surface area (Å²) < 4.78 is 41.9. The van der Waals surface area contributed by atoms with Crippen molar-refractivity contribution in [3.8, 4) is 0 Å². The van der Waals surface area contributed by atoms with Gasteiger partial charge in [-0.1, -0.05) is 25.1 Å². The van der Waals surface area contributed by atoms with E-state index >= 15 is 0 Å². The predicted molar refractivity (Wildman–Crippen MR) is 100 cm³/mol. The second-order valence-corrected chi connectivity index (χ2v) is 8.81. The van der Waals surface area contributed by atoms with Gasteiger partial charge in [-0.3, -0.25) is 4.79 Å². The van der Waals surface area contributed by atoms with Crippen LogP contribution in [0.5, 0.6) is 0 Å². The molecule has 2 rings (SSSR count). The van der Waals surface area contributed by atoms with Crippen molar-refractivity contribution in [3.05, 3.63) is 41.7 Å². The van der Waals surface area contributed by atoms with E-state index in [0.29, 0.717) is 12.8 Å². The predicted octanol–water partition coefficient (Wildman–Crippen LogP) is 2.20. The summed E-state index contributed by atoms with van der Waals surface area (Å²) in [5, 5.41) is 0. The van der Waals surface area contributed by atoms with Crippen molar-refractivity contribution >= 4 is 27.8 Å². The van der Waals surface area contributed by atoms with E-state index in [4.69, 9.17) is 4.74 Å². The van der Waals surface area contributed by atoms with Gasteiger partial charge >= 0.3 is 5.97 Å². The fraction of sp³-hybridized carbons (Fsp3) is 0.474. The van der Waals surface area contributed by atoms with Crippen LogP contribution in [0.1, 0.15) is 32.3 Å². The lowest BCUT2D eigenvalue weighted by Crippen LogP contribution is -2.48. The van der Waals surface area contributed by atoms with Gasteiger partial charge in [0.1, 0.15) is 5.82 Å². The second kappa shape index (κ2) is 9.12. The molecule has 8 heteroatoms. The highest BCUT2D eigenvalue weighted by Crippen LogP contribution is 2.21. The van der Waals surface area contributed by atoms with Crippen molar-refractivity contribution in [1.29, 1.82) is 0 Å². The molecule has 2 unspecified atom stereocenters. The van der Waals surface area contributed by atoms with Crippen LogP contribution in [0.4, 0.5) is 4.39 Å². The third-order valence-electron chi connectivity index (χ3n) is 4.60. The molecule has 1 aromatic carbocycles. The van der Waals surface area contributed by atoms with Gasteiger partial charge < -0.3 is 9.64 Å². The molecule has 0 spiro atoms. The number of sulfone groups is 1. The summed E-state index contributed by atoms with van der Waals surface area (Å²) in [6, 6.07) is 5.39. The molecule has 1 saturated heterocycles. The van der Waals surface area contributed by atoms with Gasteiger partial charge in [0.05, 0.1) is 11.5 Å². The van der Waals surface area contributed by atoms with Gasteiger partial charge in [-0.05, 0) is 31.9 Å². The van der Waals surface area contributed by atoms with Gasteiger partial charge in [0.2, 0.25) is 0 Å². The average molecular weight is 397 g/mol. The van der Waals surface area contributed by atoms with Gasteiger partial charge in [0, 0.05) is 23.7 Å². The van der Waals surface area contributed by atoms with Gasteiger partial charge in [-0.15, -0.1) is 0 Å². The number of carbonyl (C=O) groups excluding carboxylic acids is 2. The Balaban J connectivity index is 1.97. The summed E-state index contributed by atoms with van der Waals surface area (Å²) in [7, 11) is -3.14. The third-order valence-corrected chi connectivity index (χ3v) is 6.35. The maximum absolute atomic E-state index is 13.5. The smallest absolute Gasteiger partial charge is 0.331 e. The molecule has 2 atom stereocenters. The summed E-state index contributed by atoms with van der Waals surface area (Å²) in [5.74, 6) is -1.68. The van der Waals surface area contributed by atoms with Crippen molar-refractivity contribution in [2.24, 2.45) is 0 Å². The number of benzene rings is 1. The van der Waals surface area contributed by atoms with E-state index in [0.717, 1.165) is 6.08 Å². The van der Waals surface area contributed by atoms with E-state index in [1.165, 1.54) is 29.2 Å². The number of esters is 1. The largest absolute Gasteiger partial charge is 0.452 e. The van der Waals surface area contributed by atoms with E-state index < -0.39 is 40.2 Å². The molecule has 1 aliphatic rings. The standard InChI is InChI=1S/C19H24FNO5S/c1-3-14(2)21(16-10-11-27(24,25)13-16)18(22)12-26-19(23)9-8-15-6-4-5-7-17(15)20/h4-9,14,16H,3,10-13H2,1-2H3/b9-8+. The second-order valence-electron chi connectivity index (χ2n) is 6.58. The molecule has 148 valence electrons. The van der Waals surface area contributed by atoms with Crippen LogP contribution in [0, 0.1) is 5.82 Å². The summed E-state index contributed by atoms with van der Waals surface area (Å²) in [6.45, 7) is 3.25. The first kappa shape index (κ1) is 21.1. The highest BCUT2D eigenvalue weighted by atomic mass is 32.2. The van der Waals surface area contributed by atoms with Crippen molar-refractivity contribution in [1.82, 2.24) is 4.90 Å². The van der Waals surface area contributed by atoms with Crippen molar-refractivity contribution in [2.75, 3.05) is 18.1 Å². The number of amides is 1. The molecule has 1 aromatic rings. The van der Waals surface area contributed by atoms with E-state index in [-0.39, 0.29) is 23.1 Å². The van der Waals surface area contributed by atoms with Crippen molar-refractivity contribution < 1.29 is 27.1 Å². The molecule has 27 heavy (non-hydrogen) atoms. The SMILES string of the molecule is CCC(C)N(C(=O)COC(=O)/C=C/c1ccccc1F)C1CCS(=O)(=O)C1. The Morgan fingerprint density at radius 3 is 2.67 bits per heavy atom. The fourth-order valence-corrected chi connectivity index (χ4v) is 4.74. The minimum atomic E-state index is -3.14. The summed E-state index contributed by atoms with van der Waals surface area (Å²) in [5.41, 5.74) is 0.234. The lowest BCUT2D eigenvalue weighted by molar-refractivity contribution is -0.150. The van der Waals surface area contributed by atoms with Crippen LogP contribution < -0.4 is 0 Å². The molecule has 1 aliphatic heterocycles. The molecule has 0 radical (unpaired) electrons. The van der Waals surface area contributed by atoms with Crippen LogP contribution in [0.3, 0.4) is 0 Å². The number of hydrogen-bond acceptors (Lipinski definition) is 5. The molecule has 0 N–H and O–H groups in total. The quantitative estimate of drug-likeness (QED) is 0.520. The van der Waals surface area contributed by atoms with E-state index in [1.807, 2.05) is 13.8 Å². The van der Waals surface area contributed by atoms with Crippen LogP contribution in [-0.4, -0.2) is 55.4 Å². The highest BCUT2D eigenvalue weighted by molar-refractivity contribution is 7.91. The monoisotopic (exact) mass is 397 g/mol. The number of nitrogens with zero attached hydrogens (tertiary/aromatic N) is 1. The summed E-state index contributed by atoms with van der Waals surface area (Å²) >= 11 is 0. The zero-order valence-corrected chi connectivity index (χ0v) is 16.2. The molecule has 0 aromatic heterocycles. The Morgan fingerprint density at radius 1 is 1.37 bits per heavy atom. The first-order chi connectivity index (χ1) is 12.7. The molecule has 0 saturated carbocycles. The van der Waals surface area contributed by atoms with Crippen LogP contribution in [0.2, 0.25) is 0 Å². The molecule has 1 heterocycles. The van der Waals surface area contributed by atoms with Crippen molar-refractivity contribution in [2.45, 2.75) is 38.8 Å². The number of carbonyl (C=O) groups is 2. The lowest BCUT2D eigenvalue weighted by atomic mass is 10.1. The van der Waals surface area contributed by atoms with Crippen LogP contribution in [0.25, 0.3) is 6.08 Å². The topological polar surface area (TPSA) is 80.8 Å². The number of rotatable bonds is 7. The Labute approximate surface area is 158 Å². The summed E-state index contributed by atoms with van der Waals surface area (Å²) in [4.78, 5) is 25.9. The summed E-state index contributed by atoms with van der Waals surface area (Å²) in [6.07, 6.45) is 3.38. The molecule has 1 fully saturated rings. The Morgan fingerprint density at radius 2 is 2.07 bits per heavy atom. The van der Waals surface area contributed by atoms with Crippen LogP contribution in [-0.2, 0) is 24.2 Å². The molecule has 0 bridgehead atoms. The molecular formula is C19H24FNO5S. The van der Waals surface area contributed by atoms with Gasteiger partial charge in [-0.25, -0.2) is 17.6 Å². The van der Waals surface area contributed by atoms with Crippen LogP contribution in [0.15, 0.2) is 30.3 Å². The van der Waals surface area contributed by atoms with Gasteiger partial charge in [0.25, 0.3) is 5.91 Å². The Hall–Kier alpha value is -2.22. The first-order valence-corrected chi connectivity index (χ1v) is 10.7. The third kappa shape index (κ3) is 5.89. The minimum Gasteiger partial charge on any atom is -0.452 e. The molecule has 6 nitrogen and oxygen atoms in total.